The van der Waals surface area contributed by atoms with E-state index in [-0.39, 0.29) is 5.43 Å². The van der Waals surface area contributed by atoms with Gasteiger partial charge < -0.3 is 4.98 Å². The average molecular weight is 362 g/mol. The molecule has 0 unspecified atom stereocenters. The van der Waals surface area contributed by atoms with Crippen molar-refractivity contribution in [3.63, 3.8) is 0 Å². The lowest BCUT2D eigenvalue weighted by molar-refractivity contribution is 0.532. The first-order chi connectivity index (χ1) is 12.6. The lowest BCUT2D eigenvalue weighted by Gasteiger charge is -2.06. The quantitative estimate of drug-likeness (QED) is 0.305. The lowest BCUT2D eigenvalue weighted by atomic mass is 10.0. The molecule has 0 aliphatic heterocycles. The third-order valence-electron chi connectivity index (χ3n) is 5.64. The minimum Gasteiger partial charge on any atom is -0.362 e. The molecule has 0 aliphatic carbocycles. The first-order valence-corrected chi connectivity index (χ1v) is 11.3. The van der Waals surface area contributed by atoms with Crippen LogP contribution >= 0.6 is 0 Å². The second kappa shape index (κ2) is 15.1. The summed E-state index contributed by atoms with van der Waals surface area (Å²) >= 11 is 0. The fraction of sp³-hybridized carbons (Fsp3) is 0.792. The van der Waals surface area contributed by atoms with Gasteiger partial charge in [0.1, 0.15) is 0 Å². The van der Waals surface area contributed by atoms with Gasteiger partial charge in [-0.3, -0.25) is 4.79 Å². The molecule has 0 atom stereocenters. The molecule has 0 saturated carbocycles. The molecule has 1 rings (SSSR count). The number of nitrogens with one attached hydrogen (secondary N) is 1. The summed E-state index contributed by atoms with van der Waals surface area (Å²) in [7, 11) is 0. The normalized spacial score (nSPS) is 11.2. The van der Waals surface area contributed by atoms with Crippen molar-refractivity contribution in [3.8, 4) is 0 Å². The summed E-state index contributed by atoms with van der Waals surface area (Å²) in [6, 6.07) is 1.78. The van der Waals surface area contributed by atoms with Gasteiger partial charge in [-0.25, -0.2) is 0 Å². The van der Waals surface area contributed by atoms with E-state index in [4.69, 9.17) is 0 Å². The van der Waals surface area contributed by atoms with E-state index in [1.165, 1.54) is 96.3 Å². The van der Waals surface area contributed by atoms with E-state index in [0.717, 1.165) is 23.4 Å². The Morgan fingerprint density at radius 2 is 1.12 bits per heavy atom. The Labute approximate surface area is 162 Å². The summed E-state index contributed by atoms with van der Waals surface area (Å²) in [5.41, 5.74) is 3.16. The SMILES string of the molecule is CCCCCCCCCCCCCCCCCc1cc(=O)c(C)c(C)[nH]1. The highest BCUT2D eigenvalue weighted by molar-refractivity contribution is 5.20. The number of H-pyrrole nitrogens is 1. The summed E-state index contributed by atoms with van der Waals surface area (Å²) in [5.74, 6) is 0. The van der Waals surface area contributed by atoms with E-state index in [1.807, 2.05) is 13.8 Å². The van der Waals surface area contributed by atoms with Crippen molar-refractivity contribution in [2.45, 2.75) is 124 Å². The Morgan fingerprint density at radius 3 is 1.54 bits per heavy atom. The van der Waals surface area contributed by atoms with Crippen molar-refractivity contribution < 1.29 is 0 Å². The zero-order valence-electron chi connectivity index (χ0n) is 17.8. The Balaban J connectivity index is 1.87. The maximum Gasteiger partial charge on any atom is 0.184 e. The lowest BCUT2D eigenvalue weighted by Crippen LogP contribution is -2.10. The van der Waals surface area contributed by atoms with Crippen molar-refractivity contribution >= 4 is 0 Å². The molecular weight excluding hydrogens is 318 g/mol. The highest BCUT2D eigenvalue weighted by Crippen LogP contribution is 2.14. The Morgan fingerprint density at radius 1 is 0.692 bits per heavy atom. The molecule has 0 radical (unpaired) electrons. The minimum atomic E-state index is 0.178. The van der Waals surface area contributed by atoms with Crippen LogP contribution in [0.5, 0.6) is 0 Å². The Bertz CT molecular complexity index is 517. The topological polar surface area (TPSA) is 32.9 Å². The highest BCUT2D eigenvalue weighted by atomic mass is 16.1. The fourth-order valence-electron chi connectivity index (χ4n) is 3.64. The van der Waals surface area contributed by atoms with Crippen LogP contribution in [0, 0.1) is 13.8 Å². The van der Waals surface area contributed by atoms with Gasteiger partial charge in [0.25, 0.3) is 0 Å². The van der Waals surface area contributed by atoms with Crippen LogP contribution < -0.4 is 5.43 Å². The third kappa shape index (κ3) is 10.8. The van der Waals surface area contributed by atoms with Crippen molar-refractivity contribution in [1.29, 1.82) is 0 Å². The number of aryl methyl sites for hydroxylation is 2. The van der Waals surface area contributed by atoms with Crippen LogP contribution in [0.3, 0.4) is 0 Å². The van der Waals surface area contributed by atoms with E-state index >= 15 is 0 Å². The van der Waals surface area contributed by atoms with Crippen molar-refractivity contribution in [1.82, 2.24) is 4.98 Å². The maximum atomic E-state index is 11.8. The van der Waals surface area contributed by atoms with Crippen LogP contribution in [0.2, 0.25) is 0 Å². The van der Waals surface area contributed by atoms with Crippen LogP contribution in [0.25, 0.3) is 0 Å². The van der Waals surface area contributed by atoms with Crippen molar-refractivity contribution in [3.05, 3.63) is 33.2 Å². The van der Waals surface area contributed by atoms with Gasteiger partial charge in [0.05, 0.1) is 0 Å². The molecule has 2 heteroatoms. The van der Waals surface area contributed by atoms with E-state index < -0.39 is 0 Å². The predicted molar refractivity (Wildman–Crippen MR) is 115 cm³/mol. The Hall–Kier alpha value is -1.05. The average Bonchev–Trinajstić information content (AvgIpc) is 2.62. The summed E-state index contributed by atoms with van der Waals surface area (Å²) in [4.78, 5) is 15.2. The number of hydrogen-bond donors (Lipinski definition) is 1. The van der Waals surface area contributed by atoms with E-state index in [1.54, 1.807) is 6.07 Å². The number of aromatic amines is 1. The maximum absolute atomic E-state index is 11.8. The summed E-state index contributed by atoms with van der Waals surface area (Å²) < 4.78 is 0. The second-order valence-corrected chi connectivity index (χ2v) is 8.11. The molecular formula is C24H43NO. The molecule has 1 aromatic heterocycles. The van der Waals surface area contributed by atoms with E-state index in [0.29, 0.717) is 0 Å². The first-order valence-electron chi connectivity index (χ1n) is 11.3. The summed E-state index contributed by atoms with van der Waals surface area (Å²) in [5, 5.41) is 0. The van der Waals surface area contributed by atoms with Crippen LogP contribution in [0.4, 0.5) is 0 Å². The molecule has 1 N–H and O–H groups in total. The molecule has 1 heterocycles. The monoisotopic (exact) mass is 361 g/mol. The van der Waals surface area contributed by atoms with E-state index in [2.05, 4.69) is 11.9 Å². The van der Waals surface area contributed by atoms with Crippen LogP contribution in [-0.2, 0) is 6.42 Å². The number of aromatic nitrogens is 1. The molecule has 0 saturated heterocycles. The number of pyridine rings is 1. The van der Waals surface area contributed by atoms with Gasteiger partial charge in [-0.15, -0.1) is 0 Å². The van der Waals surface area contributed by atoms with Gasteiger partial charge in [0, 0.05) is 23.0 Å². The molecule has 1 aromatic rings. The molecule has 0 aliphatic rings. The van der Waals surface area contributed by atoms with Gasteiger partial charge in [-0.2, -0.15) is 0 Å². The first kappa shape index (κ1) is 23.0. The fourth-order valence-corrected chi connectivity index (χ4v) is 3.64. The smallest absolute Gasteiger partial charge is 0.184 e. The van der Waals surface area contributed by atoms with Crippen LogP contribution in [-0.4, -0.2) is 4.98 Å². The third-order valence-corrected chi connectivity index (χ3v) is 5.64. The van der Waals surface area contributed by atoms with Crippen molar-refractivity contribution in [2.24, 2.45) is 0 Å². The largest absolute Gasteiger partial charge is 0.362 e. The molecule has 0 fully saturated rings. The van der Waals surface area contributed by atoms with Crippen LogP contribution in [0.15, 0.2) is 10.9 Å². The molecule has 0 spiro atoms. The van der Waals surface area contributed by atoms with Gasteiger partial charge >= 0.3 is 0 Å². The molecule has 0 bridgehead atoms. The predicted octanol–water partition coefficient (Wildman–Crippen LogP) is 7.41. The van der Waals surface area contributed by atoms with Crippen LogP contribution in [0.1, 0.15) is 120 Å². The zero-order valence-corrected chi connectivity index (χ0v) is 17.8. The number of hydrogen-bond acceptors (Lipinski definition) is 1. The Kier molecular flexibility index (Phi) is 13.3. The number of unbranched alkanes of at least 4 members (excludes halogenated alkanes) is 14. The molecule has 0 amide bonds. The van der Waals surface area contributed by atoms with Gasteiger partial charge in [0.2, 0.25) is 0 Å². The molecule has 150 valence electrons. The molecule has 0 aromatic carbocycles. The molecule has 26 heavy (non-hydrogen) atoms. The minimum absolute atomic E-state index is 0.178. The summed E-state index contributed by atoms with van der Waals surface area (Å²) in [6.07, 6.45) is 21.9. The number of rotatable bonds is 16. The molecule has 2 nitrogen and oxygen atoms in total. The van der Waals surface area contributed by atoms with Gasteiger partial charge in [-0.05, 0) is 26.7 Å². The van der Waals surface area contributed by atoms with Gasteiger partial charge in [-0.1, -0.05) is 96.8 Å². The summed E-state index contributed by atoms with van der Waals surface area (Å²) in [6.45, 7) is 6.17. The standard InChI is InChI=1S/C24H43NO/c1-4-5-6-7-8-9-10-11-12-13-14-15-16-17-18-19-23-20-24(26)21(2)22(3)25-23/h20H,4-19H2,1-3H3,(H,25,26). The second-order valence-electron chi connectivity index (χ2n) is 8.11. The van der Waals surface area contributed by atoms with Crippen molar-refractivity contribution in [2.75, 3.05) is 0 Å². The zero-order chi connectivity index (χ0) is 19.0. The van der Waals surface area contributed by atoms with Gasteiger partial charge in [0.15, 0.2) is 5.43 Å². The van der Waals surface area contributed by atoms with E-state index in [9.17, 15) is 4.79 Å². The highest BCUT2D eigenvalue weighted by Gasteiger charge is 2.02.